The smallest absolute Gasteiger partial charge is 0.141 e. The van der Waals surface area contributed by atoms with Crippen molar-refractivity contribution < 1.29 is 4.39 Å². The number of aryl methyl sites for hydroxylation is 1. The second kappa shape index (κ2) is 5.46. The van der Waals surface area contributed by atoms with Crippen molar-refractivity contribution in [2.45, 2.75) is 13.0 Å². The highest BCUT2D eigenvalue weighted by Gasteiger charge is 2.13. The van der Waals surface area contributed by atoms with Crippen molar-refractivity contribution in [3.05, 3.63) is 64.2 Å². The second-order valence-corrected chi connectivity index (χ2v) is 4.54. The van der Waals surface area contributed by atoms with Gasteiger partial charge in [0.15, 0.2) is 0 Å². The first-order valence-electron chi connectivity index (χ1n) is 5.66. The predicted octanol–water partition coefficient (Wildman–Crippen LogP) is 3.49. The molecule has 1 heterocycles. The molecule has 1 N–H and O–H groups in total. The van der Waals surface area contributed by atoms with Crippen molar-refractivity contribution in [2.75, 3.05) is 7.05 Å². The van der Waals surface area contributed by atoms with Crippen LogP contribution < -0.4 is 5.32 Å². The molecule has 4 heteroatoms. The van der Waals surface area contributed by atoms with Crippen LogP contribution in [0.1, 0.15) is 22.9 Å². The van der Waals surface area contributed by atoms with E-state index >= 15 is 0 Å². The number of halogens is 2. The normalized spacial score (nSPS) is 12.4. The van der Waals surface area contributed by atoms with Crippen LogP contribution in [0.2, 0.25) is 5.02 Å². The van der Waals surface area contributed by atoms with Crippen LogP contribution >= 0.6 is 11.6 Å². The summed E-state index contributed by atoms with van der Waals surface area (Å²) in [4.78, 5) is 4.27. The molecule has 1 unspecified atom stereocenters. The van der Waals surface area contributed by atoms with E-state index in [1.807, 2.05) is 32.3 Å². The molecule has 94 valence electrons. The van der Waals surface area contributed by atoms with E-state index in [0.717, 1.165) is 16.8 Å². The number of hydrogen-bond acceptors (Lipinski definition) is 2. The molecular formula is C14H14ClFN2. The molecule has 0 radical (unpaired) electrons. The Morgan fingerprint density at radius 1 is 1.22 bits per heavy atom. The van der Waals surface area contributed by atoms with Crippen LogP contribution in [0.4, 0.5) is 4.39 Å². The summed E-state index contributed by atoms with van der Waals surface area (Å²) in [5.74, 6) is -0.405. The molecule has 0 saturated carbocycles. The Bertz CT molecular complexity index is 540. The Morgan fingerprint density at radius 3 is 2.50 bits per heavy atom. The minimum absolute atomic E-state index is 0.0452. The van der Waals surface area contributed by atoms with Crippen molar-refractivity contribution in [3.8, 4) is 0 Å². The van der Waals surface area contributed by atoms with Gasteiger partial charge in [-0.05, 0) is 43.3 Å². The number of hydrogen-bond donors (Lipinski definition) is 1. The number of benzene rings is 1. The first-order valence-corrected chi connectivity index (χ1v) is 6.04. The lowest BCUT2D eigenvalue weighted by Crippen LogP contribution is -2.18. The first kappa shape index (κ1) is 13.0. The van der Waals surface area contributed by atoms with Crippen molar-refractivity contribution in [1.82, 2.24) is 10.3 Å². The van der Waals surface area contributed by atoms with Crippen molar-refractivity contribution >= 4 is 11.6 Å². The van der Waals surface area contributed by atoms with Crippen LogP contribution in [0.3, 0.4) is 0 Å². The summed E-state index contributed by atoms with van der Waals surface area (Å²) in [7, 11) is 1.85. The van der Waals surface area contributed by atoms with Crippen molar-refractivity contribution in [2.24, 2.45) is 0 Å². The first-order chi connectivity index (χ1) is 8.61. The lowest BCUT2D eigenvalue weighted by molar-refractivity contribution is 0.623. The topological polar surface area (TPSA) is 24.9 Å². The summed E-state index contributed by atoms with van der Waals surface area (Å²) in [5, 5.41) is 3.31. The van der Waals surface area contributed by atoms with Crippen LogP contribution in [0, 0.1) is 12.7 Å². The number of pyridine rings is 1. The van der Waals surface area contributed by atoms with Crippen LogP contribution in [0.5, 0.6) is 0 Å². The zero-order valence-corrected chi connectivity index (χ0v) is 11.0. The fourth-order valence-corrected chi connectivity index (χ4v) is 2.06. The maximum atomic E-state index is 13.2. The third kappa shape index (κ3) is 2.68. The summed E-state index contributed by atoms with van der Waals surface area (Å²) in [5.41, 5.74) is 2.89. The van der Waals surface area contributed by atoms with Crippen LogP contribution in [-0.2, 0) is 0 Å². The third-order valence-electron chi connectivity index (χ3n) is 2.83. The van der Waals surface area contributed by atoms with E-state index in [1.165, 1.54) is 6.07 Å². The van der Waals surface area contributed by atoms with Gasteiger partial charge in [0.05, 0.1) is 11.1 Å². The molecule has 0 amide bonds. The second-order valence-electron chi connectivity index (χ2n) is 4.13. The minimum Gasteiger partial charge on any atom is -0.309 e. The highest BCUT2D eigenvalue weighted by Crippen LogP contribution is 2.25. The van der Waals surface area contributed by atoms with E-state index in [9.17, 15) is 4.39 Å². The molecule has 1 aromatic carbocycles. The Balaban J connectivity index is 2.38. The molecule has 0 saturated heterocycles. The summed E-state index contributed by atoms with van der Waals surface area (Å²) in [6, 6.07) is 8.64. The standard InChI is InChI=1S/C14H14ClFN2/c1-9-3-4-11(8-18-9)14(17-2)10-5-6-13(16)12(15)7-10/h3-8,14,17H,1-2H3. The summed E-state index contributed by atoms with van der Waals surface area (Å²) >= 11 is 5.81. The molecular weight excluding hydrogens is 251 g/mol. The number of nitrogens with zero attached hydrogens (tertiary/aromatic N) is 1. The Kier molecular flexibility index (Phi) is 3.94. The quantitative estimate of drug-likeness (QED) is 0.918. The fourth-order valence-electron chi connectivity index (χ4n) is 1.87. The fraction of sp³-hybridized carbons (Fsp3) is 0.214. The van der Waals surface area contributed by atoms with Gasteiger partial charge in [0, 0.05) is 11.9 Å². The zero-order valence-electron chi connectivity index (χ0n) is 10.2. The molecule has 0 fully saturated rings. The monoisotopic (exact) mass is 264 g/mol. The molecule has 0 spiro atoms. The van der Waals surface area contributed by atoms with Gasteiger partial charge in [-0.1, -0.05) is 23.7 Å². The van der Waals surface area contributed by atoms with Crippen molar-refractivity contribution in [1.29, 1.82) is 0 Å². The van der Waals surface area contributed by atoms with Crippen LogP contribution in [0.15, 0.2) is 36.5 Å². The number of rotatable bonds is 3. The van der Waals surface area contributed by atoms with Gasteiger partial charge in [0.25, 0.3) is 0 Å². The summed E-state index contributed by atoms with van der Waals surface area (Å²) in [6.07, 6.45) is 1.81. The van der Waals surface area contributed by atoms with Gasteiger partial charge in [-0.3, -0.25) is 4.98 Å². The molecule has 0 aliphatic rings. The van der Waals surface area contributed by atoms with Gasteiger partial charge in [0.1, 0.15) is 5.82 Å². The summed E-state index contributed by atoms with van der Waals surface area (Å²) < 4.78 is 13.2. The molecule has 2 nitrogen and oxygen atoms in total. The summed E-state index contributed by atoms with van der Waals surface area (Å²) in [6.45, 7) is 1.94. The van der Waals surface area contributed by atoms with Crippen molar-refractivity contribution in [3.63, 3.8) is 0 Å². The van der Waals surface area contributed by atoms with E-state index in [0.29, 0.717) is 0 Å². The molecule has 0 aliphatic carbocycles. The average Bonchev–Trinajstić information content (AvgIpc) is 2.37. The molecule has 18 heavy (non-hydrogen) atoms. The Hall–Kier alpha value is -1.45. The maximum Gasteiger partial charge on any atom is 0.141 e. The highest BCUT2D eigenvalue weighted by molar-refractivity contribution is 6.30. The van der Waals surface area contributed by atoms with Gasteiger partial charge >= 0.3 is 0 Å². The van der Waals surface area contributed by atoms with Gasteiger partial charge < -0.3 is 5.32 Å². The zero-order chi connectivity index (χ0) is 13.1. The predicted molar refractivity (Wildman–Crippen MR) is 71.3 cm³/mol. The van der Waals surface area contributed by atoms with Gasteiger partial charge in [-0.25, -0.2) is 4.39 Å². The molecule has 2 rings (SSSR count). The van der Waals surface area contributed by atoms with Crippen LogP contribution in [-0.4, -0.2) is 12.0 Å². The van der Waals surface area contributed by atoms with Gasteiger partial charge in [-0.2, -0.15) is 0 Å². The SMILES string of the molecule is CNC(c1ccc(C)nc1)c1ccc(F)c(Cl)c1. The Morgan fingerprint density at radius 2 is 1.94 bits per heavy atom. The lowest BCUT2D eigenvalue weighted by Gasteiger charge is -2.17. The molecule has 0 aliphatic heterocycles. The van der Waals surface area contributed by atoms with Gasteiger partial charge in [0.2, 0.25) is 0 Å². The minimum atomic E-state index is -0.405. The molecule has 2 aromatic rings. The average molecular weight is 265 g/mol. The molecule has 1 atom stereocenters. The van der Waals surface area contributed by atoms with E-state index in [2.05, 4.69) is 10.3 Å². The van der Waals surface area contributed by atoms with Gasteiger partial charge in [-0.15, -0.1) is 0 Å². The maximum absolute atomic E-state index is 13.2. The molecule has 1 aromatic heterocycles. The number of nitrogens with one attached hydrogen (secondary N) is 1. The highest BCUT2D eigenvalue weighted by atomic mass is 35.5. The largest absolute Gasteiger partial charge is 0.309 e. The van der Waals surface area contributed by atoms with E-state index in [1.54, 1.807) is 12.1 Å². The third-order valence-corrected chi connectivity index (χ3v) is 3.12. The van der Waals surface area contributed by atoms with Crippen LogP contribution in [0.25, 0.3) is 0 Å². The lowest BCUT2D eigenvalue weighted by atomic mass is 10.00. The van der Waals surface area contributed by atoms with E-state index in [-0.39, 0.29) is 11.1 Å². The molecule has 0 bridgehead atoms. The van der Waals surface area contributed by atoms with E-state index in [4.69, 9.17) is 11.6 Å². The van der Waals surface area contributed by atoms with E-state index < -0.39 is 5.82 Å². The number of aromatic nitrogens is 1. The Labute approximate surface area is 111 Å².